The van der Waals surface area contributed by atoms with Crippen LogP contribution in [0.3, 0.4) is 0 Å². The molecule has 3 aromatic rings. The summed E-state index contributed by atoms with van der Waals surface area (Å²) in [6.07, 6.45) is 2.46. The number of nitrogens with two attached hydrogens (primary N) is 1. The van der Waals surface area contributed by atoms with Gasteiger partial charge in [-0.15, -0.1) is 12.4 Å². The predicted molar refractivity (Wildman–Crippen MR) is 128 cm³/mol. The number of benzene rings is 2. The fourth-order valence-electron chi connectivity index (χ4n) is 4.17. The van der Waals surface area contributed by atoms with Gasteiger partial charge in [0.15, 0.2) is 0 Å². The SMILES string of the molecule is Cc1nn(CCc2ccccc2)c2c1/C(=N\NC(=N)N)CC(c1ccccc1Cl)C2.Cl. The maximum atomic E-state index is 7.48. The van der Waals surface area contributed by atoms with Crippen LogP contribution in [-0.4, -0.2) is 21.5 Å². The van der Waals surface area contributed by atoms with E-state index in [1.165, 1.54) is 5.56 Å². The van der Waals surface area contributed by atoms with Gasteiger partial charge in [-0.3, -0.25) is 10.1 Å². The third-order valence-electron chi connectivity index (χ3n) is 5.51. The van der Waals surface area contributed by atoms with E-state index in [1.807, 2.05) is 31.2 Å². The zero-order chi connectivity index (χ0) is 21.1. The van der Waals surface area contributed by atoms with Gasteiger partial charge in [-0.05, 0) is 49.3 Å². The maximum absolute atomic E-state index is 7.48. The minimum absolute atomic E-state index is 0. The second-order valence-electron chi connectivity index (χ2n) is 7.58. The van der Waals surface area contributed by atoms with E-state index < -0.39 is 0 Å². The first kappa shape index (κ1) is 22.8. The molecule has 4 N–H and O–H groups in total. The highest BCUT2D eigenvalue weighted by molar-refractivity contribution is 6.31. The summed E-state index contributed by atoms with van der Waals surface area (Å²) in [5, 5.41) is 17.5. The van der Waals surface area contributed by atoms with Gasteiger partial charge in [0, 0.05) is 22.8 Å². The lowest BCUT2D eigenvalue weighted by Crippen LogP contribution is -2.29. The van der Waals surface area contributed by atoms with E-state index in [9.17, 15) is 0 Å². The second-order valence-corrected chi connectivity index (χ2v) is 7.98. The number of aromatic nitrogens is 2. The van der Waals surface area contributed by atoms with Crippen LogP contribution in [0.2, 0.25) is 5.02 Å². The van der Waals surface area contributed by atoms with Crippen LogP contribution in [0.25, 0.3) is 0 Å². The molecule has 0 radical (unpaired) electrons. The Morgan fingerprint density at radius 3 is 2.61 bits per heavy atom. The van der Waals surface area contributed by atoms with E-state index in [-0.39, 0.29) is 24.3 Å². The molecule has 1 atom stereocenters. The summed E-state index contributed by atoms with van der Waals surface area (Å²) < 4.78 is 2.10. The molecule has 1 aliphatic rings. The summed E-state index contributed by atoms with van der Waals surface area (Å²) >= 11 is 6.51. The van der Waals surface area contributed by atoms with E-state index in [0.717, 1.165) is 52.6 Å². The molecule has 0 saturated heterocycles. The van der Waals surface area contributed by atoms with Gasteiger partial charge in [-0.1, -0.05) is 60.1 Å². The van der Waals surface area contributed by atoms with Crippen LogP contribution in [0.5, 0.6) is 0 Å². The van der Waals surface area contributed by atoms with Crippen molar-refractivity contribution < 1.29 is 0 Å². The largest absolute Gasteiger partial charge is 0.369 e. The highest BCUT2D eigenvalue weighted by Gasteiger charge is 2.31. The Balaban J connectivity index is 0.00000272. The molecule has 4 rings (SSSR count). The van der Waals surface area contributed by atoms with Crippen molar-refractivity contribution in [2.24, 2.45) is 10.8 Å². The smallest absolute Gasteiger partial charge is 0.206 e. The van der Waals surface area contributed by atoms with Crippen molar-refractivity contribution in [1.82, 2.24) is 15.2 Å². The van der Waals surface area contributed by atoms with Gasteiger partial charge >= 0.3 is 0 Å². The normalized spacial score (nSPS) is 16.5. The molecule has 0 amide bonds. The van der Waals surface area contributed by atoms with Gasteiger partial charge in [0.2, 0.25) is 5.96 Å². The third-order valence-corrected chi connectivity index (χ3v) is 5.86. The number of fused-ring (bicyclic) bond motifs is 1. The number of nitrogens with one attached hydrogen (secondary N) is 2. The highest BCUT2D eigenvalue weighted by atomic mass is 35.5. The number of guanidine groups is 1. The number of hydrogen-bond donors (Lipinski definition) is 3. The molecular formula is C23H26Cl2N6. The van der Waals surface area contributed by atoms with Crippen molar-refractivity contribution in [3.8, 4) is 0 Å². The van der Waals surface area contributed by atoms with Gasteiger partial charge in [0.05, 0.1) is 11.4 Å². The predicted octanol–water partition coefficient (Wildman–Crippen LogP) is 4.43. The maximum Gasteiger partial charge on any atom is 0.206 e. The minimum atomic E-state index is -0.182. The molecule has 162 valence electrons. The number of hydrogen-bond acceptors (Lipinski definition) is 3. The molecule has 31 heavy (non-hydrogen) atoms. The quantitative estimate of drug-likeness (QED) is 0.301. The Bertz CT molecular complexity index is 1090. The first-order chi connectivity index (χ1) is 14.5. The van der Waals surface area contributed by atoms with E-state index in [4.69, 9.17) is 27.8 Å². The Morgan fingerprint density at radius 1 is 1.19 bits per heavy atom. The zero-order valence-corrected chi connectivity index (χ0v) is 18.9. The van der Waals surface area contributed by atoms with Crippen LogP contribution in [0.1, 0.15) is 40.4 Å². The number of halogens is 2. The molecule has 0 saturated carbocycles. The van der Waals surface area contributed by atoms with Crippen molar-refractivity contribution in [2.75, 3.05) is 0 Å². The minimum Gasteiger partial charge on any atom is -0.369 e. The Hall–Kier alpha value is -2.83. The molecule has 0 spiro atoms. The molecule has 1 aromatic heterocycles. The zero-order valence-electron chi connectivity index (χ0n) is 17.3. The molecule has 2 aromatic carbocycles. The van der Waals surface area contributed by atoms with Gasteiger partial charge in [0.1, 0.15) is 0 Å². The van der Waals surface area contributed by atoms with Gasteiger partial charge < -0.3 is 5.73 Å². The fraction of sp³-hybridized carbons (Fsp3) is 0.261. The number of hydrazone groups is 1. The van der Waals surface area contributed by atoms with E-state index in [0.29, 0.717) is 6.42 Å². The van der Waals surface area contributed by atoms with E-state index in [2.05, 4.69) is 45.5 Å². The average molecular weight is 457 g/mol. The molecule has 8 heteroatoms. The Morgan fingerprint density at radius 2 is 1.90 bits per heavy atom. The van der Waals surface area contributed by atoms with Crippen LogP contribution >= 0.6 is 24.0 Å². The summed E-state index contributed by atoms with van der Waals surface area (Å²) in [6.45, 7) is 2.81. The first-order valence-electron chi connectivity index (χ1n) is 10.0. The van der Waals surface area contributed by atoms with E-state index >= 15 is 0 Å². The third kappa shape index (κ3) is 5.09. The summed E-state index contributed by atoms with van der Waals surface area (Å²) in [7, 11) is 0. The average Bonchev–Trinajstić information content (AvgIpc) is 3.07. The molecule has 1 unspecified atom stereocenters. The van der Waals surface area contributed by atoms with Gasteiger partial charge in [-0.2, -0.15) is 10.2 Å². The standard InChI is InChI=1S/C23H25ClN6.ClH/c1-15-22-20(27-28-23(25)26)13-17(18-9-5-6-10-19(18)24)14-21(22)30(29-15)12-11-16-7-3-2-4-8-16;/h2-10,17H,11-14H2,1H3,(H4,25,26,28);1H/b27-20-;. The molecule has 0 fully saturated rings. The molecule has 0 aliphatic heterocycles. The van der Waals surface area contributed by atoms with Crippen LogP contribution in [0, 0.1) is 12.3 Å². The second kappa shape index (κ2) is 9.98. The first-order valence-corrected chi connectivity index (χ1v) is 10.4. The van der Waals surface area contributed by atoms with Crippen molar-refractivity contribution in [3.05, 3.63) is 87.7 Å². The van der Waals surface area contributed by atoms with E-state index in [1.54, 1.807) is 0 Å². The monoisotopic (exact) mass is 456 g/mol. The van der Waals surface area contributed by atoms with Crippen molar-refractivity contribution in [3.63, 3.8) is 0 Å². The summed E-state index contributed by atoms with van der Waals surface area (Å²) in [4.78, 5) is 0. The highest BCUT2D eigenvalue weighted by Crippen LogP contribution is 2.37. The van der Waals surface area contributed by atoms with Crippen LogP contribution in [0.4, 0.5) is 0 Å². The number of aryl methyl sites for hydroxylation is 3. The van der Waals surface area contributed by atoms with Crippen molar-refractivity contribution in [2.45, 2.75) is 38.6 Å². The van der Waals surface area contributed by atoms with Crippen LogP contribution in [0.15, 0.2) is 59.7 Å². The summed E-state index contributed by atoms with van der Waals surface area (Å²) in [6, 6.07) is 18.4. The molecule has 1 heterocycles. The topological polar surface area (TPSA) is 92.1 Å². The summed E-state index contributed by atoms with van der Waals surface area (Å²) in [5.41, 5.74) is 14.5. The molecule has 1 aliphatic carbocycles. The Labute approximate surface area is 193 Å². The van der Waals surface area contributed by atoms with Crippen LogP contribution in [-0.2, 0) is 19.4 Å². The van der Waals surface area contributed by atoms with Crippen molar-refractivity contribution in [1.29, 1.82) is 5.41 Å². The van der Waals surface area contributed by atoms with Crippen LogP contribution < -0.4 is 11.2 Å². The molecular weight excluding hydrogens is 431 g/mol. The summed E-state index contributed by atoms with van der Waals surface area (Å²) in [5.74, 6) is 0.00308. The Kier molecular flexibility index (Phi) is 7.36. The fourth-order valence-corrected chi connectivity index (χ4v) is 4.46. The molecule has 6 nitrogen and oxygen atoms in total. The lowest BCUT2D eigenvalue weighted by Gasteiger charge is -2.26. The lowest BCUT2D eigenvalue weighted by atomic mass is 9.81. The van der Waals surface area contributed by atoms with Gasteiger partial charge in [0.25, 0.3) is 0 Å². The number of nitrogens with zero attached hydrogens (tertiary/aromatic N) is 3. The lowest BCUT2D eigenvalue weighted by molar-refractivity contribution is 0.554. The van der Waals surface area contributed by atoms with Crippen molar-refractivity contribution >= 4 is 35.7 Å². The molecule has 0 bridgehead atoms. The van der Waals surface area contributed by atoms with Gasteiger partial charge in [-0.25, -0.2) is 5.43 Å². The number of rotatable bonds is 5.